The Morgan fingerprint density at radius 2 is 1.02 bits per heavy atom. The molecule has 50 heavy (non-hydrogen) atoms. The molecular weight excluding hydrogens is 683 g/mol. The summed E-state index contributed by atoms with van der Waals surface area (Å²) in [6.07, 6.45) is 0. The molecule has 12 nitrogen and oxygen atoms in total. The van der Waals surface area contributed by atoms with Crippen LogP contribution in [0, 0.1) is 13.8 Å². The van der Waals surface area contributed by atoms with Crippen LogP contribution in [0.1, 0.15) is 31.8 Å². The molecule has 0 spiro atoms. The molecule has 0 aliphatic rings. The van der Waals surface area contributed by atoms with Gasteiger partial charge in [0.25, 0.3) is 11.8 Å². The summed E-state index contributed by atoms with van der Waals surface area (Å²) >= 11 is 2.72. The van der Waals surface area contributed by atoms with Crippen LogP contribution in [0.2, 0.25) is 0 Å². The number of benzene rings is 4. The van der Waals surface area contributed by atoms with Gasteiger partial charge in [-0.25, -0.2) is 4.79 Å². The van der Waals surface area contributed by atoms with E-state index >= 15 is 0 Å². The first-order valence-corrected chi connectivity index (χ1v) is 17.1. The molecule has 0 aliphatic carbocycles. The lowest BCUT2D eigenvalue weighted by Gasteiger charge is -2.18. The number of carboxylic acids is 2. The van der Waals surface area contributed by atoms with Crippen LogP contribution in [0.15, 0.2) is 107 Å². The number of phenolic OH excluding ortho intramolecular Hbond substituents is 2. The monoisotopic (exact) mass is 719 g/mol. The lowest BCUT2D eigenvalue weighted by Crippen LogP contribution is -2.49. The van der Waals surface area contributed by atoms with E-state index < -0.39 is 48.3 Å². The second kappa shape index (κ2) is 19.5. The van der Waals surface area contributed by atoms with Gasteiger partial charge in [-0.1, -0.05) is 48.5 Å². The van der Waals surface area contributed by atoms with Crippen molar-refractivity contribution in [2.75, 3.05) is 18.1 Å². The number of carboxylic acid groups (broad SMARTS) is 2. The number of carbonyl (C=O) groups excluding carboxylic acids is 3. The van der Waals surface area contributed by atoms with Crippen molar-refractivity contribution in [2.24, 2.45) is 0 Å². The maximum absolute atomic E-state index is 12.6. The van der Waals surface area contributed by atoms with Crippen LogP contribution in [0.4, 0.5) is 0 Å². The fourth-order valence-corrected chi connectivity index (χ4v) is 6.12. The molecule has 0 heterocycles. The molecule has 3 amide bonds. The number of amides is 3. The van der Waals surface area contributed by atoms with Crippen molar-refractivity contribution in [3.8, 4) is 11.5 Å². The first kappa shape index (κ1) is 39.0. The van der Waals surface area contributed by atoms with Crippen molar-refractivity contribution in [1.29, 1.82) is 0 Å². The summed E-state index contributed by atoms with van der Waals surface area (Å²) in [5.74, 6) is -3.48. The molecule has 0 bridgehead atoms. The van der Waals surface area contributed by atoms with Gasteiger partial charge in [0.2, 0.25) is 5.91 Å². The number of aliphatic carboxylic acids is 2. The Morgan fingerprint density at radius 3 is 1.44 bits per heavy atom. The minimum Gasteiger partial charge on any atom is -0.508 e. The lowest BCUT2D eigenvalue weighted by atomic mass is 10.1. The zero-order valence-electron chi connectivity index (χ0n) is 27.2. The van der Waals surface area contributed by atoms with Gasteiger partial charge >= 0.3 is 11.9 Å². The first-order chi connectivity index (χ1) is 23.9. The van der Waals surface area contributed by atoms with E-state index in [1.54, 1.807) is 32.0 Å². The third-order valence-electron chi connectivity index (χ3n) is 7.06. The Morgan fingerprint density at radius 1 is 0.600 bits per heavy atom. The minimum absolute atomic E-state index is 0.00295. The fraction of sp³-hybridized carbons (Fsp3) is 0.194. The molecular formula is C36H37N3O9S2. The van der Waals surface area contributed by atoms with Gasteiger partial charge in [0.1, 0.15) is 30.1 Å². The third-order valence-corrected chi connectivity index (χ3v) is 9.27. The summed E-state index contributed by atoms with van der Waals surface area (Å²) in [5.41, 5.74) is 1.33. The average Bonchev–Trinajstić information content (AvgIpc) is 3.10. The predicted octanol–water partition coefficient (Wildman–Crippen LogP) is 4.47. The molecule has 0 aliphatic heterocycles. The number of aromatic hydroxyl groups is 2. The van der Waals surface area contributed by atoms with Crippen LogP contribution in [0.3, 0.4) is 0 Å². The van der Waals surface area contributed by atoms with E-state index in [9.17, 15) is 39.3 Å². The molecule has 0 aromatic heterocycles. The number of hydrogen-bond acceptors (Lipinski definition) is 9. The number of phenols is 2. The Hall–Kier alpha value is -5.47. The summed E-state index contributed by atoms with van der Waals surface area (Å²) < 4.78 is 0. The molecule has 0 unspecified atom stereocenters. The molecule has 0 radical (unpaired) electrons. The molecule has 14 heteroatoms. The highest BCUT2D eigenvalue weighted by atomic mass is 32.2. The quantitative estimate of drug-likeness (QED) is 0.0907. The highest BCUT2D eigenvalue weighted by Crippen LogP contribution is 2.22. The van der Waals surface area contributed by atoms with Gasteiger partial charge in [-0.05, 0) is 62.4 Å². The zero-order chi connectivity index (χ0) is 36.6. The minimum atomic E-state index is -1.17. The van der Waals surface area contributed by atoms with E-state index in [1.165, 1.54) is 41.7 Å². The molecule has 0 saturated carbocycles. The van der Waals surface area contributed by atoms with Crippen LogP contribution in [-0.2, 0) is 14.4 Å². The second-order valence-electron chi connectivity index (χ2n) is 10.6. The Balaban J connectivity index is 0.000000274. The molecule has 4 aromatic carbocycles. The van der Waals surface area contributed by atoms with Crippen LogP contribution < -0.4 is 16.0 Å². The normalized spacial score (nSPS) is 11.6. The average molecular weight is 720 g/mol. The summed E-state index contributed by atoms with van der Waals surface area (Å²) in [4.78, 5) is 61.0. The van der Waals surface area contributed by atoms with Crippen LogP contribution >= 0.6 is 23.5 Å². The summed E-state index contributed by atoms with van der Waals surface area (Å²) in [6, 6.07) is 25.9. The van der Waals surface area contributed by atoms with E-state index in [0.29, 0.717) is 11.1 Å². The number of thioether (sulfide) groups is 2. The molecule has 4 rings (SSSR count). The molecule has 4 aromatic rings. The van der Waals surface area contributed by atoms with Crippen molar-refractivity contribution in [3.63, 3.8) is 0 Å². The number of nitrogens with one attached hydrogen (secondary N) is 3. The van der Waals surface area contributed by atoms with E-state index in [2.05, 4.69) is 16.0 Å². The predicted molar refractivity (Wildman–Crippen MR) is 191 cm³/mol. The topological polar surface area (TPSA) is 202 Å². The van der Waals surface area contributed by atoms with Gasteiger partial charge in [-0.15, -0.1) is 23.5 Å². The van der Waals surface area contributed by atoms with Crippen molar-refractivity contribution >= 4 is 53.2 Å². The van der Waals surface area contributed by atoms with Crippen LogP contribution in [-0.4, -0.2) is 80.2 Å². The molecule has 2 atom stereocenters. The second-order valence-corrected chi connectivity index (χ2v) is 12.8. The Labute approximate surface area is 297 Å². The Kier molecular flexibility index (Phi) is 15.2. The SMILES string of the molecule is Cc1c(O)cccc1C(=O)N[C@@H](CSc1ccccc1)C(=O)NCC(=O)O.Cc1c(O)cccc1C(=O)N[C@@H](CSc1ccccc1)C(=O)O. The molecule has 0 fully saturated rings. The maximum atomic E-state index is 12.6. The van der Waals surface area contributed by atoms with E-state index in [-0.39, 0.29) is 34.1 Å². The number of hydrogen-bond donors (Lipinski definition) is 7. The maximum Gasteiger partial charge on any atom is 0.327 e. The van der Waals surface area contributed by atoms with Crippen molar-refractivity contribution in [1.82, 2.24) is 16.0 Å². The van der Waals surface area contributed by atoms with Gasteiger partial charge in [0, 0.05) is 43.6 Å². The number of carbonyl (C=O) groups is 5. The highest BCUT2D eigenvalue weighted by molar-refractivity contribution is 7.99. The highest BCUT2D eigenvalue weighted by Gasteiger charge is 2.24. The van der Waals surface area contributed by atoms with Gasteiger partial charge in [-0.2, -0.15) is 0 Å². The fourth-order valence-electron chi connectivity index (χ4n) is 4.25. The van der Waals surface area contributed by atoms with Crippen molar-refractivity contribution < 1.29 is 44.4 Å². The van der Waals surface area contributed by atoms with Crippen molar-refractivity contribution in [2.45, 2.75) is 35.7 Å². The third kappa shape index (κ3) is 12.2. The lowest BCUT2D eigenvalue weighted by molar-refractivity contribution is -0.139. The standard InChI is InChI=1S/C19H20N2O5S.C17H17NO4S/c1-12-14(8-5-9-16(12)22)18(25)21-15(19(26)20-10-17(23)24)11-27-13-6-3-2-4-7-13;1-11-13(8-5-9-15(11)19)16(20)18-14(17(21)22)10-23-12-6-3-2-4-7-12/h2-9,15,22H,10-11H2,1H3,(H,20,26)(H,21,25)(H,23,24);2-9,14,19H,10H2,1H3,(H,18,20)(H,21,22)/t15-;14-/m00/s1. The molecule has 262 valence electrons. The summed E-state index contributed by atoms with van der Waals surface area (Å²) in [6.45, 7) is 2.67. The zero-order valence-corrected chi connectivity index (χ0v) is 28.8. The first-order valence-electron chi connectivity index (χ1n) is 15.1. The molecule has 7 N–H and O–H groups in total. The van der Waals surface area contributed by atoms with Crippen molar-refractivity contribution in [3.05, 3.63) is 119 Å². The van der Waals surface area contributed by atoms with E-state index in [4.69, 9.17) is 5.11 Å². The Bertz CT molecular complexity index is 1790. The smallest absolute Gasteiger partial charge is 0.327 e. The summed E-state index contributed by atoms with van der Waals surface area (Å²) in [5, 5.41) is 44.8. The summed E-state index contributed by atoms with van der Waals surface area (Å²) in [7, 11) is 0. The molecule has 0 saturated heterocycles. The van der Waals surface area contributed by atoms with E-state index in [0.717, 1.165) is 9.79 Å². The number of rotatable bonds is 14. The van der Waals surface area contributed by atoms with Gasteiger partial charge in [0.15, 0.2) is 0 Å². The largest absolute Gasteiger partial charge is 0.508 e. The van der Waals surface area contributed by atoms with Gasteiger partial charge in [-0.3, -0.25) is 19.2 Å². The van der Waals surface area contributed by atoms with Crippen LogP contribution in [0.5, 0.6) is 11.5 Å². The van der Waals surface area contributed by atoms with E-state index in [1.807, 2.05) is 60.7 Å². The van der Waals surface area contributed by atoms with Gasteiger partial charge in [0.05, 0.1) is 0 Å². The van der Waals surface area contributed by atoms with Gasteiger partial charge < -0.3 is 36.4 Å². The van der Waals surface area contributed by atoms with Crippen LogP contribution in [0.25, 0.3) is 0 Å².